The number of imidazole rings is 1. The van der Waals surface area contributed by atoms with Crippen molar-refractivity contribution in [3.05, 3.63) is 54.1 Å². The fraction of sp³-hybridized carbons (Fsp3) is 0.357. The van der Waals surface area contributed by atoms with Crippen LogP contribution >= 0.6 is 0 Å². The van der Waals surface area contributed by atoms with E-state index >= 15 is 0 Å². The summed E-state index contributed by atoms with van der Waals surface area (Å²) in [4.78, 5) is 4.18. The summed E-state index contributed by atoms with van der Waals surface area (Å²) in [5, 5.41) is 0. The Balaban J connectivity index is 2.04. The third-order valence-electron chi connectivity index (χ3n) is 3.03. The molecule has 0 aliphatic rings. The van der Waals surface area contributed by atoms with E-state index in [0.29, 0.717) is 6.54 Å². The van der Waals surface area contributed by atoms with Gasteiger partial charge in [0.15, 0.2) is 0 Å². The number of aromatic nitrogens is 2. The molecule has 0 amide bonds. The summed E-state index contributed by atoms with van der Waals surface area (Å²) in [6.45, 7) is 1.57. The van der Waals surface area contributed by atoms with Crippen molar-refractivity contribution in [1.82, 2.24) is 9.55 Å². The summed E-state index contributed by atoms with van der Waals surface area (Å²) < 4.78 is 2.10. The number of benzene rings is 1. The number of aryl methyl sites for hydroxylation is 1. The fourth-order valence-electron chi connectivity index (χ4n) is 2.06. The topological polar surface area (TPSA) is 69.9 Å². The van der Waals surface area contributed by atoms with Gasteiger partial charge in [0.2, 0.25) is 0 Å². The summed E-state index contributed by atoms with van der Waals surface area (Å²) in [6, 6.07) is 10.3. The molecule has 0 unspecified atom stereocenters. The Morgan fingerprint density at radius 2 is 2.00 bits per heavy atom. The Labute approximate surface area is 108 Å². The molecule has 96 valence electrons. The van der Waals surface area contributed by atoms with Gasteiger partial charge in [-0.25, -0.2) is 4.98 Å². The van der Waals surface area contributed by atoms with Crippen LogP contribution in [0.5, 0.6) is 0 Å². The fourth-order valence-corrected chi connectivity index (χ4v) is 2.06. The molecule has 4 heteroatoms. The minimum absolute atomic E-state index is 0.0207. The number of nitrogens with zero attached hydrogens (tertiary/aromatic N) is 2. The van der Waals surface area contributed by atoms with Gasteiger partial charge in [-0.2, -0.15) is 0 Å². The van der Waals surface area contributed by atoms with Crippen molar-refractivity contribution >= 4 is 0 Å². The molecule has 0 saturated heterocycles. The molecule has 2 aromatic rings. The lowest BCUT2D eigenvalue weighted by atomic mass is 10.0. The lowest BCUT2D eigenvalue weighted by Crippen LogP contribution is -2.18. The highest BCUT2D eigenvalue weighted by Gasteiger charge is 2.11. The molecule has 2 rings (SSSR count). The molecule has 1 atom stereocenters. The van der Waals surface area contributed by atoms with E-state index in [1.165, 1.54) is 5.56 Å². The van der Waals surface area contributed by atoms with E-state index < -0.39 is 0 Å². The second-order valence-electron chi connectivity index (χ2n) is 4.45. The first kappa shape index (κ1) is 12.8. The molecule has 0 radical (unpaired) electrons. The average Bonchev–Trinajstić information content (AvgIpc) is 2.86. The van der Waals surface area contributed by atoms with Crippen molar-refractivity contribution in [3.63, 3.8) is 0 Å². The number of rotatable bonds is 6. The smallest absolute Gasteiger partial charge is 0.0948 e. The summed E-state index contributed by atoms with van der Waals surface area (Å²) >= 11 is 0. The van der Waals surface area contributed by atoms with Crippen molar-refractivity contribution < 1.29 is 0 Å². The highest BCUT2D eigenvalue weighted by Crippen LogP contribution is 2.16. The van der Waals surface area contributed by atoms with Crippen molar-refractivity contribution in [3.8, 4) is 0 Å². The molecule has 0 saturated carbocycles. The Morgan fingerprint density at radius 3 is 2.72 bits per heavy atom. The van der Waals surface area contributed by atoms with E-state index in [1.54, 1.807) is 0 Å². The largest absolute Gasteiger partial charge is 0.333 e. The molecule has 1 heterocycles. The molecule has 0 bridgehead atoms. The maximum Gasteiger partial charge on any atom is 0.0948 e. The van der Waals surface area contributed by atoms with E-state index in [1.807, 2.05) is 30.7 Å². The van der Waals surface area contributed by atoms with Crippen LogP contribution in [0.2, 0.25) is 0 Å². The summed E-state index contributed by atoms with van der Waals surface area (Å²) in [5.41, 5.74) is 14.1. The Hall–Kier alpha value is -1.65. The summed E-state index contributed by atoms with van der Waals surface area (Å²) in [6.07, 6.45) is 5.45. The van der Waals surface area contributed by atoms with Gasteiger partial charge in [0.25, 0.3) is 0 Å². The van der Waals surface area contributed by atoms with Gasteiger partial charge in [0.1, 0.15) is 0 Å². The Kier molecular flexibility index (Phi) is 4.50. The van der Waals surface area contributed by atoms with Crippen LogP contribution in [0.3, 0.4) is 0 Å². The van der Waals surface area contributed by atoms with Crippen LogP contribution in [0.4, 0.5) is 0 Å². The third-order valence-corrected chi connectivity index (χ3v) is 3.03. The van der Waals surface area contributed by atoms with Gasteiger partial charge >= 0.3 is 0 Å². The first-order valence-corrected chi connectivity index (χ1v) is 6.31. The number of hydrogen-bond acceptors (Lipinski definition) is 3. The molecule has 1 aromatic carbocycles. The van der Waals surface area contributed by atoms with Crippen LogP contribution in [-0.2, 0) is 13.0 Å². The molecule has 0 spiro atoms. The van der Waals surface area contributed by atoms with Crippen molar-refractivity contribution in [2.45, 2.75) is 25.4 Å². The minimum Gasteiger partial charge on any atom is -0.333 e. The Bertz CT molecular complexity index is 464. The Morgan fingerprint density at radius 1 is 1.22 bits per heavy atom. The van der Waals surface area contributed by atoms with Crippen LogP contribution in [0, 0.1) is 0 Å². The third kappa shape index (κ3) is 3.18. The van der Waals surface area contributed by atoms with Gasteiger partial charge in [-0.3, -0.25) is 0 Å². The van der Waals surface area contributed by atoms with Crippen LogP contribution in [-0.4, -0.2) is 16.1 Å². The van der Waals surface area contributed by atoms with Crippen LogP contribution in [0.15, 0.2) is 42.9 Å². The van der Waals surface area contributed by atoms with Crippen LogP contribution in [0.1, 0.15) is 23.7 Å². The van der Waals surface area contributed by atoms with Crippen molar-refractivity contribution in [2.24, 2.45) is 11.5 Å². The molecular weight excluding hydrogens is 224 g/mol. The first-order chi connectivity index (χ1) is 8.81. The second kappa shape index (κ2) is 6.33. The standard InChI is InChI=1S/C14H20N4/c15-7-4-8-18-11-17-10-14(18)13(16)9-12-5-2-1-3-6-12/h1-3,5-6,10-11,13H,4,7-9,15-16H2/t13-/m1/s1. The molecule has 4 N–H and O–H groups in total. The zero-order chi connectivity index (χ0) is 12.8. The zero-order valence-corrected chi connectivity index (χ0v) is 10.5. The SMILES string of the molecule is NCCCn1cncc1[C@H](N)Cc1ccccc1. The van der Waals surface area contributed by atoms with Crippen molar-refractivity contribution in [1.29, 1.82) is 0 Å². The monoisotopic (exact) mass is 244 g/mol. The maximum absolute atomic E-state index is 6.25. The van der Waals surface area contributed by atoms with Gasteiger partial charge in [0.05, 0.1) is 18.1 Å². The minimum atomic E-state index is -0.0207. The first-order valence-electron chi connectivity index (χ1n) is 6.31. The van der Waals surface area contributed by atoms with Crippen LogP contribution < -0.4 is 11.5 Å². The van der Waals surface area contributed by atoms with Gasteiger partial charge < -0.3 is 16.0 Å². The quantitative estimate of drug-likeness (QED) is 0.808. The van der Waals surface area contributed by atoms with Gasteiger partial charge in [0, 0.05) is 12.7 Å². The van der Waals surface area contributed by atoms with E-state index in [2.05, 4.69) is 21.7 Å². The second-order valence-corrected chi connectivity index (χ2v) is 4.45. The van der Waals surface area contributed by atoms with Gasteiger partial charge in [-0.15, -0.1) is 0 Å². The van der Waals surface area contributed by atoms with Gasteiger partial charge in [-0.1, -0.05) is 30.3 Å². The van der Waals surface area contributed by atoms with Crippen molar-refractivity contribution in [2.75, 3.05) is 6.54 Å². The maximum atomic E-state index is 6.25. The van der Waals surface area contributed by atoms with E-state index in [4.69, 9.17) is 11.5 Å². The molecule has 1 aromatic heterocycles. The van der Waals surface area contributed by atoms with Gasteiger partial charge in [-0.05, 0) is 24.9 Å². The summed E-state index contributed by atoms with van der Waals surface area (Å²) in [7, 11) is 0. The molecule has 4 nitrogen and oxygen atoms in total. The number of nitrogens with two attached hydrogens (primary N) is 2. The van der Waals surface area contributed by atoms with E-state index in [-0.39, 0.29) is 6.04 Å². The zero-order valence-electron chi connectivity index (χ0n) is 10.5. The molecule has 0 fully saturated rings. The molecule has 18 heavy (non-hydrogen) atoms. The predicted octanol–water partition coefficient (Wildman–Crippen LogP) is 1.47. The van der Waals surface area contributed by atoms with E-state index in [0.717, 1.165) is 25.1 Å². The van der Waals surface area contributed by atoms with Crippen LogP contribution in [0.25, 0.3) is 0 Å². The highest BCUT2D eigenvalue weighted by molar-refractivity contribution is 5.18. The molecular formula is C14H20N4. The highest BCUT2D eigenvalue weighted by atomic mass is 15.1. The summed E-state index contributed by atoms with van der Waals surface area (Å²) in [5.74, 6) is 0. The lowest BCUT2D eigenvalue weighted by Gasteiger charge is -2.14. The van der Waals surface area contributed by atoms with E-state index in [9.17, 15) is 0 Å². The molecule has 0 aliphatic carbocycles. The number of hydrogen-bond donors (Lipinski definition) is 2. The lowest BCUT2D eigenvalue weighted by molar-refractivity contribution is 0.579. The normalized spacial score (nSPS) is 12.6. The predicted molar refractivity (Wildman–Crippen MR) is 73.0 cm³/mol. The average molecular weight is 244 g/mol. The molecule has 0 aliphatic heterocycles.